The Hall–Kier alpha value is -3.48. The Morgan fingerprint density at radius 2 is 1.68 bits per heavy atom. The topological polar surface area (TPSA) is 92.8 Å². The number of ketones is 1. The van der Waals surface area contributed by atoms with E-state index in [1.165, 1.54) is 6.92 Å². The van der Waals surface area contributed by atoms with Gasteiger partial charge in [-0.15, -0.1) is 0 Å². The highest BCUT2D eigenvalue weighted by molar-refractivity contribution is 6.02. The molecule has 0 aromatic heterocycles. The summed E-state index contributed by atoms with van der Waals surface area (Å²) >= 11 is 0. The van der Waals surface area contributed by atoms with E-state index in [9.17, 15) is 19.2 Å². The van der Waals surface area contributed by atoms with Gasteiger partial charge in [-0.2, -0.15) is 0 Å². The number of rotatable bonds is 8. The van der Waals surface area contributed by atoms with Gasteiger partial charge in [0.2, 0.25) is 17.6 Å². The third-order valence-electron chi connectivity index (χ3n) is 5.07. The van der Waals surface area contributed by atoms with E-state index in [1.807, 2.05) is 6.92 Å². The van der Waals surface area contributed by atoms with Crippen LogP contribution < -0.4 is 10.2 Å². The molecule has 3 rings (SSSR count). The zero-order chi connectivity index (χ0) is 22.4. The lowest BCUT2D eigenvalue weighted by molar-refractivity contribution is -0.117. The van der Waals surface area contributed by atoms with Gasteiger partial charge in [-0.3, -0.25) is 14.4 Å². The number of amides is 2. The smallest absolute Gasteiger partial charge is 0.338 e. The minimum Gasteiger partial charge on any atom is -0.451 e. The van der Waals surface area contributed by atoms with Crippen molar-refractivity contribution in [3.63, 3.8) is 0 Å². The van der Waals surface area contributed by atoms with Crippen LogP contribution in [0, 0.1) is 0 Å². The van der Waals surface area contributed by atoms with Crippen LogP contribution in [0.25, 0.3) is 0 Å². The third-order valence-corrected chi connectivity index (χ3v) is 5.07. The van der Waals surface area contributed by atoms with Gasteiger partial charge in [0.25, 0.3) is 0 Å². The standard InChI is InChI=1S/C24H26N2O5/c1-3-5-21(27)25-19-11-7-17(8-12-19)23(29)16(2)31-24(30)18-9-13-20(14-10-18)26-15-4-6-22(26)28/h7-14,16H,3-6,15H2,1-2H3,(H,25,27)/t16-/m0/s1. The van der Waals surface area contributed by atoms with Crippen LogP contribution in [-0.4, -0.2) is 36.2 Å². The molecule has 2 aromatic carbocycles. The van der Waals surface area contributed by atoms with Crippen LogP contribution >= 0.6 is 0 Å². The molecular weight excluding hydrogens is 396 g/mol. The molecule has 0 radical (unpaired) electrons. The molecule has 0 aliphatic carbocycles. The molecule has 1 saturated heterocycles. The lowest BCUT2D eigenvalue weighted by atomic mass is 10.1. The summed E-state index contributed by atoms with van der Waals surface area (Å²) in [4.78, 5) is 50.2. The normalized spacial score (nSPS) is 14.3. The van der Waals surface area contributed by atoms with Crippen LogP contribution in [0.4, 0.5) is 11.4 Å². The molecule has 31 heavy (non-hydrogen) atoms. The highest BCUT2D eigenvalue weighted by Crippen LogP contribution is 2.22. The molecule has 2 amide bonds. The van der Waals surface area contributed by atoms with Crippen molar-refractivity contribution in [1.82, 2.24) is 0 Å². The number of benzene rings is 2. The molecule has 1 aliphatic heterocycles. The van der Waals surface area contributed by atoms with E-state index >= 15 is 0 Å². The molecule has 1 N–H and O–H groups in total. The Morgan fingerprint density at radius 3 is 2.26 bits per heavy atom. The minimum absolute atomic E-state index is 0.0745. The number of ether oxygens (including phenoxy) is 1. The van der Waals surface area contributed by atoms with E-state index in [4.69, 9.17) is 4.74 Å². The lowest BCUT2D eigenvalue weighted by Crippen LogP contribution is -2.25. The van der Waals surface area contributed by atoms with Crippen molar-refractivity contribution in [2.24, 2.45) is 0 Å². The summed E-state index contributed by atoms with van der Waals surface area (Å²) in [6, 6.07) is 13.1. The Morgan fingerprint density at radius 1 is 1.03 bits per heavy atom. The summed E-state index contributed by atoms with van der Waals surface area (Å²) in [7, 11) is 0. The summed E-state index contributed by atoms with van der Waals surface area (Å²) in [5, 5.41) is 2.76. The van der Waals surface area contributed by atoms with E-state index in [1.54, 1.807) is 53.4 Å². The van der Waals surface area contributed by atoms with Crippen molar-refractivity contribution >= 4 is 34.9 Å². The minimum atomic E-state index is -0.965. The number of nitrogens with one attached hydrogen (secondary N) is 1. The quantitative estimate of drug-likeness (QED) is 0.513. The monoisotopic (exact) mass is 422 g/mol. The number of anilines is 2. The van der Waals surface area contributed by atoms with Gasteiger partial charge in [0.05, 0.1) is 5.56 Å². The predicted molar refractivity (Wildman–Crippen MR) is 117 cm³/mol. The molecule has 162 valence electrons. The third kappa shape index (κ3) is 5.57. The van der Waals surface area contributed by atoms with Crippen molar-refractivity contribution in [1.29, 1.82) is 0 Å². The molecule has 1 atom stereocenters. The molecule has 1 aliphatic rings. The van der Waals surface area contributed by atoms with Crippen LogP contribution in [0.1, 0.15) is 60.2 Å². The fourth-order valence-electron chi connectivity index (χ4n) is 3.38. The van der Waals surface area contributed by atoms with Crippen LogP contribution in [0.3, 0.4) is 0 Å². The number of Topliss-reactive ketones (excluding diaryl/α,β-unsaturated/α-hetero) is 1. The van der Waals surface area contributed by atoms with Crippen molar-refractivity contribution in [3.8, 4) is 0 Å². The highest BCUT2D eigenvalue weighted by atomic mass is 16.5. The molecule has 1 fully saturated rings. The number of hydrogen-bond acceptors (Lipinski definition) is 5. The van der Waals surface area contributed by atoms with E-state index in [0.717, 1.165) is 18.5 Å². The van der Waals surface area contributed by atoms with E-state index in [0.29, 0.717) is 36.2 Å². The Balaban J connectivity index is 1.58. The van der Waals surface area contributed by atoms with Crippen LogP contribution in [0.2, 0.25) is 0 Å². The maximum atomic E-state index is 12.6. The van der Waals surface area contributed by atoms with Gasteiger partial charge in [0, 0.05) is 36.3 Å². The van der Waals surface area contributed by atoms with Gasteiger partial charge in [-0.1, -0.05) is 6.92 Å². The summed E-state index contributed by atoms with van der Waals surface area (Å²) in [5.41, 5.74) is 2.05. The number of esters is 1. The highest BCUT2D eigenvalue weighted by Gasteiger charge is 2.23. The first kappa shape index (κ1) is 22.2. The number of carbonyl (C=O) groups is 4. The first-order valence-electron chi connectivity index (χ1n) is 10.4. The average Bonchev–Trinajstić information content (AvgIpc) is 3.19. The van der Waals surface area contributed by atoms with Crippen molar-refractivity contribution in [2.45, 2.75) is 45.6 Å². The van der Waals surface area contributed by atoms with Crippen LogP contribution in [0.5, 0.6) is 0 Å². The van der Waals surface area contributed by atoms with Crippen molar-refractivity contribution < 1.29 is 23.9 Å². The summed E-state index contributed by atoms with van der Waals surface area (Å²) in [6.45, 7) is 4.12. The van der Waals surface area contributed by atoms with E-state index < -0.39 is 12.1 Å². The zero-order valence-electron chi connectivity index (χ0n) is 17.7. The van der Waals surface area contributed by atoms with Gasteiger partial charge in [0.1, 0.15) is 0 Å². The maximum Gasteiger partial charge on any atom is 0.338 e. The van der Waals surface area contributed by atoms with E-state index in [2.05, 4.69) is 5.32 Å². The van der Waals surface area contributed by atoms with Gasteiger partial charge >= 0.3 is 5.97 Å². The van der Waals surface area contributed by atoms with Gasteiger partial charge in [-0.25, -0.2) is 4.79 Å². The molecule has 0 spiro atoms. The molecule has 0 bridgehead atoms. The second-order valence-electron chi connectivity index (χ2n) is 7.48. The molecule has 7 nitrogen and oxygen atoms in total. The summed E-state index contributed by atoms with van der Waals surface area (Å²) in [5.74, 6) is -0.947. The second-order valence-corrected chi connectivity index (χ2v) is 7.48. The molecular formula is C24H26N2O5. The summed E-state index contributed by atoms with van der Waals surface area (Å²) in [6.07, 6.45) is 1.59. The molecule has 1 heterocycles. The predicted octanol–water partition coefficient (Wildman–Crippen LogP) is 3.98. The summed E-state index contributed by atoms with van der Waals surface area (Å²) < 4.78 is 5.33. The molecule has 2 aromatic rings. The second kappa shape index (κ2) is 10.0. The first-order valence-corrected chi connectivity index (χ1v) is 10.4. The zero-order valence-corrected chi connectivity index (χ0v) is 17.7. The molecule has 0 saturated carbocycles. The van der Waals surface area contributed by atoms with Gasteiger partial charge < -0.3 is 15.0 Å². The van der Waals surface area contributed by atoms with Crippen molar-refractivity contribution in [3.05, 3.63) is 59.7 Å². The number of nitrogens with zero attached hydrogens (tertiary/aromatic N) is 1. The molecule has 0 unspecified atom stereocenters. The lowest BCUT2D eigenvalue weighted by Gasteiger charge is -2.16. The Labute approximate surface area is 181 Å². The fraction of sp³-hybridized carbons (Fsp3) is 0.333. The van der Waals surface area contributed by atoms with Crippen LogP contribution in [-0.2, 0) is 14.3 Å². The van der Waals surface area contributed by atoms with Gasteiger partial charge in [-0.05, 0) is 68.3 Å². The first-order chi connectivity index (χ1) is 14.9. The molecule has 7 heteroatoms. The van der Waals surface area contributed by atoms with Crippen LogP contribution in [0.15, 0.2) is 48.5 Å². The average molecular weight is 422 g/mol. The fourth-order valence-corrected chi connectivity index (χ4v) is 3.38. The SMILES string of the molecule is CCCC(=O)Nc1ccc(C(=O)[C@H](C)OC(=O)c2ccc(N3CCCC3=O)cc2)cc1. The van der Waals surface area contributed by atoms with E-state index in [-0.39, 0.29) is 17.6 Å². The van der Waals surface area contributed by atoms with Crippen molar-refractivity contribution in [2.75, 3.05) is 16.8 Å². The Bertz CT molecular complexity index is 966. The number of hydrogen-bond donors (Lipinski definition) is 1. The number of carbonyl (C=O) groups excluding carboxylic acids is 4. The largest absolute Gasteiger partial charge is 0.451 e. The van der Waals surface area contributed by atoms with Gasteiger partial charge in [0.15, 0.2) is 6.10 Å². The Kier molecular flexibility index (Phi) is 7.18. The maximum absolute atomic E-state index is 12.6.